The van der Waals surface area contributed by atoms with E-state index in [9.17, 15) is 18.0 Å². The van der Waals surface area contributed by atoms with Gasteiger partial charge in [0, 0.05) is 18.0 Å². The van der Waals surface area contributed by atoms with Crippen LogP contribution < -0.4 is 14.4 Å². The quantitative estimate of drug-likeness (QED) is 0.585. The predicted octanol–water partition coefficient (Wildman–Crippen LogP) is 3.73. The summed E-state index contributed by atoms with van der Waals surface area (Å²) in [5, 5.41) is 3.85. The fraction of sp³-hybridized carbons (Fsp3) is 0.263. The van der Waals surface area contributed by atoms with Crippen LogP contribution in [0.25, 0.3) is 11.3 Å². The van der Waals surface area contributed by atoms with E-state index in [1.54, 1.807) is 6.07 Å². The molecule has 0 saturated carbocycles. The number of pyridine rings is 2. The molecule has 162 valence electrons. The summed E-state index contributed by atoms with van der Waals surface area (Å²) in [5.41, 5.74) is 1.86. The van der Waals surface area contributed by atoms with Crippen LogP contribution in [-0.2, 0) is 13.1 Å². The van der Waals surface area contributed by atoms with Gasteiger partial charge in [0.05, 0.1) is 54.6 Å². The van der Waals surface area contributed by atoms with Gasteiger partial charge in [0.25, 0.3) is 11.8 Å². The van der Waals surface area contributed by atoms with Crippen molar-refractivity contribution in [3.05, 3.63) is 47.0 Å². The van der Waals surface area contributed by atoms with Crippen molar-refractivity contribution in [2.24, 2.45) is 0 Å². The SMILES string of the molecule is COc1cc(-c2cc(Cl)c3c(n2)CN(c2cnn(CC(F)(F)F)c2)C3=O)cnc1OC. The molecule has 12 heteroatoms. The minimum atomic E-state index is -4.42. The van der Waals surface area contributed by atoms with Crippen molar-refractivity contribution in [1.82, 2.24) is 19.7 Å². The van der Waals surface area contributed by atoms with Crippen LogP contribution in [0.2, 0.25) is 5.02 Å². The van der Waals surface area contributed by atoms with Crippen molar-refractivity contribution in [2.75, 3.05) is 19.1 Å². The second-order valence-electron chi connectivity index (χ2n) is 6.65. The maximum Gasteiger partial charge on any atom is 0.408 e. The molecule has 4 heterocycles. The van der Waals surface area contributed by atoms with Gasteiger partial charge in [-0.15, -0.1) is 0 Å². The summed E-state index contributed by atoms with van der Waals surface area (Å²) in [6.45, 7) is -1.21. The van der Waals surface area contributed by atoms with E-state index >= 15 is 0 Å². The Hall–Kier alpha value is -3.34. The van der Waals surface area contributed by atoms with Crippen LogP contribution in [0.3, 0.4) is 0 Å². The summed E-state index contributed by atoms with van der Waals surface area (Å²) in [4.78, 5) is 22.8. The van der Waals surface area contributed by atoms with Crippen molar-refractivity contribution in [3.63, 3.8) is 0 Å². The van der Waals surface area contributed by atoms with E-state index in [0.717, 1.165) is 10.9 Å². The number of rotatable bonds is 5. The minimum absolute atomic E-state index is 0.0418. The number of aromatic nitrogens is 4. The molecule has 3 aromatic heterocycles. The van der Waals surface area contributed by atoms with Crippen LogP contribution in [0.1, 0.15) is 16.1 Å². The molecule has 3 aromatic rings. The highest BCUT2D eigenvalue weighted by Gasteiger charge is 2.34. The van der Waals surface area contributed by atoms with Gasteiger partial charge in [0.1, 0.15) is 6.54 Å². The Morgan fingerprint density at radius 1 is 1.19 bits per heavy atom. The number of alkyl halides is 3. The van der Waals surface area contributed by atoms with Crippen LogP contribution in [-0.4, -0.2) is 46.1 Å². The Balaban J connectivity index is 1.66. The lowest BCUT2D eigenvalue weighted by Gasteiger charge is -2.12. The van der Waals surface area contributed by atoms with Crippen LogP contribution >= 0.6 is 11.6 Å². The Morgan fingerprint density at radius 3 is 2.65 bits per heavy atom. The van der Waals surface area contributed by atoms with Crippen LogP contribution in [0.4, 0.5) is 18.9 Å². The molecular formula is C19H15ClF3N5O3. The smallest absolute Gasteiger partial charge is 0.408 e. The molecule has 1 aliphatic heterocycles. The fourth-order valence-corrected chi connectivity index (χ4v) is 3.54. The van der Waals surface area contributed by atoms with Gasteiger partial charge in [-0.25, -0.2) is 9.97 Å². The molecule has 0 N–H and O–H groups in total. The Bertz CT molecular complexity index is 1170. The first-order chi connectivity index (χ1) is 14.7. The number of anilines is 1. The number of carbonyl (C=O) groups excluding carboxylic acids is 1. The van der Waals surface area contributed by atoms with Gasteiger partial charge in [-0.1, -0.05) is 11.6 Å². The van der Waals surface area contributed by atoms with Crippen molar-refractivity contribution < 1.29 is 27.4 Å². The molecule has 0 saturated heterocycles. The van der Waals surface area contributed by atoms with E-state index in [1.165, 1.54) is 37.6 Å². The standard InChI is InChI=1S/C19H15ClF3N5O3/c1-30-15-3-10(5-24-17(15)31-2)13-4-12(20)16-14(26-13)8-28(18(16)29)11-6-25-27(7-11)9-19(21,22)23/h3-7H,8-9H2,1-2H3. The third kappa shape index (κ3) is 4.00. The Kier molecular flexibility index (Phi) is 5.21. The molecule has 1 aliphatic rings. The highest BCUT2D eigenvalue weighted by atomic mass is 35.5. The molecule has 0 aliphatic carbocycles. The number of halogens is 4. The average molecular weight is 454 g/mol. The number of amides is 1. The number of carbonyl (C=O) groups is 1. The van der Waals surface area contributed by atoms with Crippen LogP contribution in [0, 0.1) is 0 Å². The molecule has 0 bridgehead atoms. The second-order valence-corrected chi connectivity index (χ2v) is 7.06. The van der Waals surface area contributed by atoms with Gasteiger partial charge in [-0.05, 0) is 12.1 Å². The zero-order chi connectivity index (χ0) is 22.3. The molecular weight excluding hydrogens is 439 g/mol. The van der Waals surface area contributed by atoms with Crippen LogP contribution in [0.5, 0.6) is 11.6 Å². The lowest BCUT2D eigenvalue weighted by molar-refractivity contribution is -0.142. The summed E-state index contributed by atoms with van der Waals surface area (Å²) < 4.78 is 48.9. The Morgan fingerprint density at radius 2 is 1.97 bits per heavy atom. The number of ether oxygens (including phenoxy) is 2. The molecule has 0 aromatic carbocycles. The van der Waals surface area contributed by atoms with E-state index in [1.807, 2.05) is 0 Å². The lowest BCUT2D eigenvalue weighted by atomic mass is 10.1. The van der Waals surface area contributed by atoms with Gasteiger partial charge in [-0.2, -0.15) is 18.3 Å². The highest BCUT2D eigenvalue weighted by Crippen LogP contribution is 2.36. The normalized spacial score (nSPS) is 13.5. The van der Waals surface area contributed by atoms with Crippen molar-refractivity contribution >= 4 is 23.2 Å². The van der Waals surface area contributed by atoms with E-state index in [4.69, 9.17) is 21.1 Å². The molecule has 1 amide bonds. The fourth-order valence-electron chi connectivity index (χ4n) is 3.25. The first-order valence-corrected chi connectivity index (χ1v) is 9.27. The minimum Gasteiger partial charge on any atom is -0.491 e. The third-order valence-electron chi connectivity index (χ3n) is 4.61. The largest absolute Gasteiger partial charge is 0.491 e. The summed E-state index contributed by atoms with van der Waals surface area (Å²) in [5.74, 6) is 0.236. The first kappa shape index (κ1) is 20.9. The number of fused-ring (bicyclic) bond motifs is 1. The zero-order valence-corrected chi connectivity index (χ0v) is 17.0. The summed E-state index contributed by atoms with van der Waals surface area (Å²) in [7, 11) is 2.94. The second kappa shape index (κ2) is 7.73. The number of hydrogen-bond acceptors (Lipinski definition) is 6. The maximum absolute atomic E-state index is 12.8. The number of nitrogens with zero attached hydrogens (tertiary/aromatic N) is 5. The molecule has 4 rings (SSSR count). The number of hydrogen-bond donors (Lipinski definition) is 0. The third-order valence-corrected chi connectivity index (χ3v) is 4.91. The van der Waals surface area contributed by atoms with E-state index in [-0.39, 0.29) is 22.8 Å². The molecule has 0 atom stereocenters. The van der Waals surface area contributed by atoms with Gasteiger partial charge < -0.3 is 9.47 Å². The molecule has 0 spiro atoms. The zero-order valence-electron chi connectivity index (χ0n) is 16.3. The van der Waals surface area contributed by atoms with Gasteiger partial charge >= 0.3 is 6.18 Å². The summed E-state index contributed by atoms with van der Waals surface area (Å²) in [6, 6.07) is 3.20. The molecule has 0 fully saturated rings. The van der Waals surface area contributed by atoms with E-state index in [0.29, 0.717) is 28.6 Å². The monoisotopic (exact) mass is 453 g/mol. The predicted molar refractivity (Wildman–Crippen MR) is 104 cm³/mol. The Labute approximate surface area is 179 Å². The highest BCUT2D eigenvalue weighted by molar-refractivity contribution is 6.35. The molecule has 0 radical (unpaired) electrons. The summed E-state index contributed by atoms with van der Waals surface area (Å²) in [6.07, 6.45) is -0.538. The topological polar surface area (TPSA) is 82.4 Å². The average Bonchev–Trinajstić information content (AvgIpc) is 3.30. The first-order valence-electron chi connectivity index (χ1n) is 8.89. The van der Waals surface area contributed by atoms with Gasteiger partial charge in [0.2, 0.25) is 0 Å². The van der Waals surface area contributed by atoms with E-state index in [2.05, 4.69) is 15.1 Å². The number of methoxy groups -OCH3 is 2. The lowest BCUT2D eigenvalue weighted by Crippen LogP contribution is -2.23. The van der Waals surface area contributed by atoms with E-state index < -0.39 is 18.6 Å². The van der Waals surface area contributed by atoms with Gasteiger partial charge in [-0.3, -0.25) is 14.4 Å². The van der Waals surface area contributed by atoms with Crippen LogP contribution in [0.15, 0.2) is 30.7 Å². The molecule has 8 nitrogen and oxygen atoms in total. The molecule has 0 unspecified atom stereocenters. The van der Waals surface area contributed by atoms with Gasteiger partial charge in [0.15, 0.2) is 5.75 Å². The van der Waals surface area contributed by atoms with Crippen molar-refractivity contribution in [1.29, 1.82) is 0 Å². The molecule has 31 heavy (non-hydrogen) atoms. The van der Waals surface area contributed by atoms with Crippen molar-refractivity contribution in [2.45, 2.75) is 19.3 Å². The van der Waals surface area contributed by atoms with Crippen molar-refractivity contribution in [3.8, 4) is 22.9 Å². The maximum atomic E-state index is 12.8. The summed E-state index contributed by atoms with van der Waals surface area (Å²) >= 11 is 6.36.